The minimum Gasteiger partial charge on any atom is -0.457 e. The summed E-state index contributed by atoms with van der Waals surface area (Å²) < 4.78 is 33.0. The lowest BCUT2D eigenvalue weighted by Gasteiger charge is -2.20. The lowest BCUT2D eigenvalue weighted by atomic mass is 10.1. The maximum Gasteiger partial charge on any atom is 0.472 e. The first kappa shape index (κ1) is 41.2. The molecule has 0 aliphatic carbocycles. The number of esters is 1. The number of carbonyl (C=O) groups excluding carboxylic acids is 1. The normalized spacial score (nSPS) is 14.6. The van der Waals surface area contributed by atoms with E-state index in [-0.39, 0.29) is 32.8 Å². The summed E-state index contributed by atoms with van der Waals surface area (Å²) in [4.78, 5) is 22.2. The molecule has 43 heavy (non-hydrogen) atoms. The molecule has 0 aromatic carbocycles. The zero-order valence-corrected chi connectivity index (χ0v) is 27.8. The van der Waals surface area contributed by atoms with Crippen LogP contribution in [0.1, 0.15) is 110 Å². The SMILES string of the molecule is CC/C=C\C/C=C\C/C=C\C/C=C\C/C=C\CCCC(=O)OC(COCCCCCCCCC)COP(=O)(O)OCCN. The van der Waals surface area contributed by atoms with E-state index in [1.54, 1.807) is 0 Å². The van der Waals surface area contributed by atoms with Crippen molar-refractivity contribution in [1.82, 2.24) is 0 Å². The Labute approximate surface area is 262 Å². The number of hydrogen-bond acceptors (Lipinski definition) is 7. The second-order valence-corrected chi connectivity index (χ2v) is 11.7. The fourth-order valence-electron chi connectivity index (χ4n) is 3.85. The molecule has 0 saturated carbocycles. The Balaban J connectivity index is 4.26. The van der Waals surface area contributed by atoms with Crippen LogP contribution in [0.25, 0.3) is 0 Å². The van der Waals surface area contributed by atoms with Crippen LogP contribution in [0.4, 0.5) is 0 Å². The topological polar surface area (TPSA) is 117 Å². The Morgan fingerprint density at radius 3 is 1.86 bits per heavy atom. The van der Waals surface area contributed by atoms with Crippen LogP contribution in [0.2, 0.25) is 0 Å². The van der Waals surface area contributed by atoms with Crippen LogP contribution < -0.4 is 5.73 Å². The van der Waals surface area contributed by atoms with Crippen LogP contribution in [0.3, 0.4) is 0 Å². The van der Waals surface area contributed by atoms with Crippen molar-refractivity contribution in [2.24, 2.45) is 5.73 Å². The number of ether oxygens (including phenoxy) is 2. The van der Waals surface area contributed by atoms with E-state index in [0.717, 1.165) is 51.4 Å². The van der Waals surface area contributed by atoms with E-state index < -0.39 is 19.9 Å². The van der Waals surface area contributed by atoms with Crippen molar-refractivity contribution >= 4 is 13.8 Å². The van der Waals surface area contributed by atoms with Crippen molar-refractivity contribution in [3.05, 3.63) is 60.8 Å². The molecule has 0 saturated heterocycles. The Morgan fingerprint density at radius 2 is 1.28 bits per heavy atom. The van der Waals surface area contributed by atoms with E-state index in [1.807, 2.05) is 0 Å². The van der Waals surface area contributed by atoms with E-state index >= 15 is 0 Å². The molecule has 0 bridgehead atoms. The largest absolute Gasteiger partial charge is 0.472 e. The highest BCUT2D eigenvalue weighted by Crippen LogP contribution is 2.43. The van der Waals surface area contributed by atoms with Gasteiger partial charge in [-0.3, -0.25) is 13.8 Å². The predicted octanol–water partition coefficient (Wildman–Crippen LogP) is 8.68. The highest BCUT2D eigenvalue weighted by atomic mass is 31.2. The fourth-order valence-corrected chi connectivity index (χ4v) is 4.62. The molecule has 0 heterocycles. The summed E-state index contributed by atoms with van der Waals surface area (Å²) in [6.07, 6.45) is 35.4. The van der Waals surface area contributed by atoms with Gasteiger partial charge in [0, 0.05) is 19.6 Å². The molecule has 0 aliphatic heterocycles. The lowest BCUT2D eigenvalue weighted by Crippen LogP contribution is -2.28. The molecule has 0 fully saturated rings. The predicted molar refractivity (Wildman–Crippen MR) is 178 cm³/mol. The van der Waals surface area contributed by atoms with Gasteiger partial charge in [0.2, 0.25) is 0 Å². The molecular weight excluding hydrogens is 565 g/mol. The summed E-state index contributed by atoms with van der Waals surface area (Å²) in [5, 5.41) is 0. The van der Waals surface area contributed by atoms with E-state index in [2.05, 4.69) is 74.6 Å². The minimum absolute atomic E-state index is 0.0891. The van der Waals surface area contributed by atoms with Crippen LogP contribution in [-0.2, 0) is 27.9 Å². The Morgan fingerprint density at radius 1 is 0.721 bits per heavy atom. The molecule has 248 valence electrons. The lowest BCUT2D eigenvalue weighted by molar-refractivity contribution is -0.154. The molecule has 8 nitrogen and oxygen atoms in total. The van der Waals surface area contributed by atoms with Crippen molar-refractivity contribution in [1.29, 1.82) is 0 Å². The molecular formula is C34H60NO7P. The second-order valence-electron chi connectivity index (χ2n) is 10.3. The third-order valence-corrected chi connectivity index (χ3v) is 7.18. The number of phosphoric ester groups is 1. The number of unbranched alkanes of at least 4 members (excludes halogenated alkanes) is 7. The number of phosphoric acid groups is 1. The zero-order valence-electron chi connectivity index (χ0n) is 26.9. The summed E-state index contributed by atoms with van der Waals surface area (Å²) in [5.41, 5.74) is 5.32. The van der Waals surface area contributed by atoms with E-state index in [1.165, 1.54) is 32.1 Å². The molecule has 0 radical (unpaired) electrons. The number of hydrogen-bond donors (Lipinski definition) is 2. The van der Waals surface area contributed by atoms with Gasteiger partial charge in [0.05, 0.1) is 19.8 Å². The third-order valence-electron chi connectivity index (χ3n) is 6.20. The molecule has 2 unspecified atom stereocenters. The number of rotatable bonds is 30. The molecule has 0 spiro atoms. The van der Waals surface area contributed by atoms with E-state index in [0.29, 0.717) is 13.0 Å². The van der Waals surface area contributed by atoms with E-state index in [4.69, 9.17) is 24.3 Å². The Kier molecular flexibility index (Phi) is 30.3. The number of allylic oxidation sites excluding steroid dienone is 10. The van der Waals surface area contributed by atoms with Crippen molar-refractivity contribution in [3.63, 3.8) is 0 Å². The van der Waals surface area contributed by atoms with Gasteiger partial charge in [0.25, 0.3) is 0 Å². The quantitative estimate of drug-likeness (QED) is 0.0352. The van der Waals surface area contributed by atoms with Gasteiger partial charge in [-0.25, -0.2) is 4.57 Å². The van der Waals surface area contributed by atoms with Crippen molar-refractivity contribution < 1.29 is 32.8 Å². The maximum absolute atomic E-state index is 12.4. The smallest absolute Gasteiger partial charge is 0.457 e. The molecule has 0 aromatic rings. The van der Waals surface area contributed by atoms with Crippen molar-refractivity contribution in [3.8, 4) is 0 Å². The summed E-state index contributed by atoms with van der Waals surface area (Å²) in [7, 11) is -4.28. The highest BCUT2D eigenvalue weighted by Gasteiger charge is 2.25. The van der Waals surface area contributed by atoms with Crippen LogP contribution >= 0.6 is 7.82 Å². The number of nitrogens with two attached hydrogens (primary N) is 1. The first-order chi connectivity index (χ1) is 20.9. The first-order valence-electron chi connectivity index (χ1n) is 16.3. The Hall–Kier alpha value is -1.80. The summed E-state index contributed by atoms with van der Waals surface area (Å²) >= 11 is 0. The van der Waals surface area contributed by atoms with Gasteiger partial charge in [0.1, 0.15) is 6.10 Å². The zero-order chi connectivity index (χ0) is 31.7. The molecule has 3 N–H and O–H groups in total. The monoisotopic (exact) mass is 625 g/mol. The van der Waals surface area contributed by atoms with E-state index in [9.17, 15) is 14.3 Å². The molecule has 0 amide bonds. The molecule has 0 aliphatic rings. The van der Waals surface area contributed by atoms with Crippen molar-refractivity contribution in [2.75, 3.05) is 33.0 Å². The molecule has 0 rings (SSSR count). The van der Waals surface area contributed by atoms with Gasteiger partial charge in [-0.15, -0.1) is 0 Å². The van der Waals surface area contributed by atoms with Crippen molar-refractivity contribution in [2.45, 2.75) is 116 Å². The van der Waals surface area contributed by atoms with Crippen LogP contribution in [0.5, 0.6) is 0 Å². The second kappa shape index (κ2) is 31.6. The maximum atomic E-state index is 12.4. The summed E-state index contributed by atoms with van der Waals surface area (Å²) in [6, 6.07) is 0. The van der Waals surface area contributed by atoms with Crippen LogP contribution in [-0.4, -0.2) is 49.9 Å². The van der Waals surface area contributed by atoms with Gasteiger partial charge in [-0.1, -0.05) is 113 Å². The highest BCUT2D eigenvalue weighted by molar-refractivity contribution is 7.47. The van der Waals surface area contributed by atoms with Gasteiger partial charge < -0.3 is 20.1 Å². The standard InChI is InChI=1S/C34H60NO7P/c1-3-5-7-9-11-12-13-14-15-16-17-18-19-20-21-23-25-27-34(36)42-33(32-41-43(37,38)40-30-28-35)31-39-29-26-24-22-10-8-6-4-2/h5,7,11-12,14-15,17-18,20-21,33H,3-4,6,8-10,13,16,19,22-32,35H2,1-2H3,(H,37,38)/b7-5-,12-11-,15-14-,18-17-,21-20-. The van der Waals surface area contributed by atoms with Crippen LogP contribution in [0, 0.1) is 0 Å². The van der Waals surface area contributed by atoms with Crippen LogP contribution in [0.15, 0.2) is 60.8 Å². The van der Waals surface area contributed by atoms with Gasteiger partial charge in [-0.2, -0.15) is 0 Å². The summed E-state index contributed by atoms with van der Waals surface area (Å²) in [6.45, 7) is 4.65. The summed E-state index contributed by atoms with van der Waals surface area (Å²) in [5.74, 6) is -0.392. The molecule has 9 heteroatoms. The third kappa shape index (κ3) is 31.4. The fraction of sp³-hybridized carbons (Fsp3) is 0.676. The number of carbonyl (C=O) groups is 1. The average Bonchev–Trinajstić information content (AvgIpc) is 2.99. The minimum atomic E-state index is -4.28. The van der Waals surface area contributed by atoms with Gasteiger partial charge >= 0.3 is 13.8 Å². The molecule has 0 aromatic heterocycles. The average molecular weight is 626 g/mol. The van der Waals surface area contributed by atoms with Gasteiger partial charge in [-0.05, 0) is 51.4 Å². The Bertz CT molecular complexity index is 839. The molecule has 2 atom stereocenters. The van der Waals surface area contributed by atoms with Gasteiger partial charge in [0.15, 0.2) is 0 Å². The first-order valence-corrected chi connectivity index (χ1v) is 17.8.